The number of carbonyl (C=O) groups excluding carboxylic acids is 2. The van der Waals surface area contributed by atoms with Crippen LogP contribution in [0, 0.1) is 13.8 Å². The third-order valence-electron chi connectivity index (χ3n) is 8.83. The summed E-state index contributed by atoms with van der Waals surface area (Å²) in [5.74, 6) is 0. The van der Waals surface area contributed by atoms with Gasteiger partial charge in [-0.15, -0.1) is 22.7 Å². The number of carbonyl (C=O) groups is 2. The van der Waals surface area contributed by atoms with Gasteiger partial charge in [0.25, 0.3) is 0 Å². The van der Waals surface area contributed by atoms with E-state index in [4.69, 9.17) is 0 Å². The van der Waals surface area contributed by atoms with Crippen molar-refractivity contribution in [3.05, 3.63) is 97.9 Å². The monoisotopic (exact) mass is 790 g/mol. The van der Waals surface area contributed by atoms with Gasteiger partial charge in [-0.2, -0.15) is 10.2 Å². The average molecular weight is 792 g/mol. The van der Waals surface area contributed by atoms with Gasteiger partial charge in [-0.3, -0.25) is 0 Å². The van der Waals surface area contributed by atoms with Crippen LogP contribution in [-0.2, 0) is 0 Å². The molecule has 4 aliphatic heterocycles. The molecule has 51 heavy (non-hydrogen) atoms. The summed E-state index contributed by atoms with van der Waals surface area (Å²) in [7, 11) is 0. The molecule has 0 radical (unpaired) electrons. The quantitative estimate of drug-likeness (QED) is 0.245. The number of nitrogens with zero attached hydrogens (tertiary/aromatic N) is 9. The first-order valence-electron chi connectivity index (χ1n) is 17.1. The van der Waals surface area contributed by atoms with Crippen molar-refractivity contribution in [1.29, 1.82) is 0 Å². The van der Waals surface area contributed by atoms with Crippen molar-refractivity contribution in [1.82, 2.24) is 35.1 Å². The van der Waals surface area contributed by atoms with Gasteiger partial charge in [-0.1, -0.05) is 60.7 Å². The maximum absolute atomic E-state index is 12.9. The topological polar surface area (TPSA) is 113 Å². The van der Waals surface area contributed by atoms with E-state index in [0.717, 1.165) is 83.7 Å². The minimum Gasteiger partial charge on any atom is -0.345 e. The number of thiazole rings is 2. The maximum Gasteiger partial charge on any atom is 0.341 e. The molecule has 4 aliphatic rings. The predicted octanol–water partition coefficient (Wildman–Crippen LogP) is 6.78. The van der Waals surface area contributed by atoms with Gasteiger partial charge in [0, 0.05) is 94.1 Å². The lowest BCUT2D eigenvalue weighted by molar-refractivity contribution is 0.136. The number of hydrogen-bond donors (Lipinski definition) is 1. The van der Waals surface area contributed by atoms with E-state index in [2.05, 4.69) is 76.0 Å². The number of anilines is 1. The molecule has 0 bridgehead atoms. The largest absolute Gasteiger partial charge is 0.345 e. The molecule has 2 aromatic heterocycles. The zero-order chi connectivity index (χ0) is 35.6. The number of urea groups is 2. The van der Waals surface area contributed by atoms with Gasteiger partial charge >= 0.3 is 12.1 Å². The highest BCUT2D eigenvalue weighted by atomic mass is 79.9. The number of hydrogen-bond acceptors (Lipinski definition) is 10. The second kappa shape index (κ2) is 17.8. The van der Waals surface area contributed by atoms with E-state index in [9.17, 15) is 9.59 Å². The Balaban J connectivity index is 0.000000151. The second-order valence-electron chi connectivity index (χ2n) is 12.4. The van der Waals surface area contributed by atoms with Crippen LogP contribution in [0.3, 0.4) is 0 Å². The van der Waals surface area contributed by atoms with Crippen molar-refractivity contribution >= 4 is 68.2 Å². The van der Waals surface area contributed by atoms with Gasteiger partial charge in [-0.25, -0.2) is 29.6 Å². The van der Waals surface area contributed by atoms with Gasteiger partial charge in [0.2, 0.25) is 0 Å². The number of aryl methyl sites for hydroxylation is 2. The van der Waals surface area contributed by atoms with Crippen molar-refractivity contribution in [2.45, 2.75) is 38.8 Å². The van der Waals surface area contributed by atoms with Gasteiger partial charge in [-0.05, 0) is 40.9 Å². The maximum atomic E-state index is 12.9. The number of amides is 4. The van der Waals surface area contributed by atoms with E-state index in [0.29, 0.717) is 13.1 Å². The van der Waals surface area contributed by atoms with E-state index in [1.54, 1.807) is 32.7 Å². The highest BCUT2D eigenvalue weighted by Crippen LogP contribution is 2.31. The van der Waals surface area contributed by atoms with Crippen LogP contribution >= 0.6 is 38.6 Å². The summed E-state index contributed by atoms with van der Waals surface area (Å²) < 4.78 is 0.963. The minimum absolute atomic E-state index is 0.00225. The van der Waals surface area contributed by atoms with Crippen molar-refractivity contribution in [3.63, 3.8) is 0 Å². The molecular formula is C36H43BrN10O2S2. The molecule has 2 fully saturated rings. The fourth-order valence-electron chi connectivity index (χ4n) is 6.15. The van der Waals surface area contributed by atoms with Crippen LogP contribution in [0.15, 0.2) is 85.5 Å². The van der Waals surface area contributed by atoms with Gasteiger partial charge in [0.1, 0.15) is 0 Å². The Labute approximate surface area is 315 Å². The lowest BCUT2D eigenvalue weighted by Crippen LogP contribution is -2.52. The Morgan fingerprint density at radius 3 is 1.61 bits per heavy atom. The molecule has 15 heteroatoms. The molecular weight excluding hydrogens is 749 g/mol. The lowest BCUT2D eigenvalue weighted by atomic mass is 10.1. The SMILES string of the molecule is Cc1csc(Br)n1.Cc1csc(N2CCN(C(=O)N3N=CCC3c3ccccc3)CC2)n1.O=C(N1CCNCC1)N1N=CCC1c1ccccc1. The fourth-order valence-corrected chi connectivity index (χ4v) is 8.08. The fraction of sp³-hybridized carbons (Fsp3) is 0.389. The van der Waals surface area contributed by atoms with E-state index >= 15 is 0 Å². The molecule has 0 spiro atoms. The smallest absolute Gasteiger partial charge is 0.341 e. The molecule has 4 aromatic rings. The van der Waals surface area contributed by atoms with E-state index in [1.807, 2.05) is 77.9 Å². The third-order valence-corrected chi connectivity index (χ3v) is 11.3. The molecule has 2 unspecified atom stereocenters. The van der Waals surface area contributed by atoms with Crippen LogP contribution in [0.2, 0.25) is 0 Å². The molecule has 12 nitrogen and oxygen atoms in total. The number of rotatable bonds is 3. The summed E-state index contributed by atoms with van der Waals surface area (Å²) in [6.07, 6.45) is 5.23. The van der Waals surface area contributed by atoms with Gasteiger partial charge < -0.3 is 20.0 Å². The molecule has 268 valence electrons. The number of nitrogens with one attached hydrogen (secondary N) is 1. The highest BCUT2D eigenvalue weighted by Gasteiger charge is 2.34. The van der Waals surface area contributed by atoms with E-state index in [-0.39, 0.29) is 24.1 Å². The Hall–Kier alpha value is -4.18. The molecule has 2 aromatic carbocycles. The first-order valence-corrected chi connectivity index (χ1v) is 19.7. The first-order chi connectivity index (χ1) is 24.9. The molecule has 6 heterocycles. The highest BCUT2D eigenvalue weighted by molar-refractivity contribution is 9.11. The number of piperazine rings is 2. The minimum atomic E-state index is -0.00225. The Morgan fingerprint density at radius 1 is 0.686 bits per heavy atom. The first kappa shape index (κ1) is 36.6. The van der Waals surface area contributed by atoms with Gasteiger partial charge in [0.05, 0.1) is 17.8 Å². The molecule has 8 rings (SSSR count). The number of aromatic nitrogens is 2. The normalized spacial score (nSPS) is 19.8. The predicted molar refractivity (Wildman–Crippen MR) is 209 cm³/mol. The Kier molecular flexibility index (Phi) is 12.8. The summed E-state index contributed by atoms with van der Waals surface area (Å²) in [5, 5.41) is 20.2. The number of hydrazone groups is 2. The van der Waals surface area contributed by atoms with Gasteiger partial charge in [0.15, 0.2) is 9.05 Å². The molecule has 4 amide bonds. The lowest BCUT2D eigenvalue weighted by Gasteiger charge is -2.36. The standard InChI is InChI=1S/C18H21N5OS.C14H18N4O.C4H4BrNS/c1-14-13-25-17(20-14)21-9-11-22(12-10-21)18(24)23-16(7-8-19-23)15-5-3-2-4-6-15;19-14(17-10-8-15-9-11-17)18-13(6-7-16-18)12-4-2-1-3-5-12;1-3-2-7-4(5)6-3/h2-6,8,13,16H,7,9-12H2,1H3;1-5,7,13,15H,6,8-11H2;2H,1H3. The van der Waals surface area contributed by atoms with Crippen LogP contribution in [0.25, 0.3) is 0 Å². The zero-order valence-corrected chi connectivity index (χ0v) is 32.1. The molecule has 0 aliphatic carbocycles. The summed E-state index contributed by atoms with van der Waals surface area (Å²) in [4.78, 5) is 40.0. The summed E-state index contributed by atoms with van der Waals surface area (Å²) in [6.45, 7) is 10.2. The Bertz CT molecular complexity index is 1760. The summed E-state index contributed by atoms with van der Waals surface area (Å²) in [6, 6.07) is 20.3. The molecule has 2 atom stereocenters. The zero-order valence-electron chi connectivity index (χ0n) is 28.8. The average Bonchev–Trinajstić information content (AvgIpc) is 4.01. The van der Waals surface area contributed by atoms with Crippen LogP contribution in [0.4, 0.5) is 14.7 Å². The number of benzene rings is 2. The summed E-state index contributed by atoms with van der Waals surface area (Å²) >= 11 is 6.52. The van der Waals surface area contributed by atoms with Crippen molar-refractivity contribution < 1.29 is 9.59 Å². The van der Waals surface area contributed by atoms with Crippen LogP contribution < -0.4 is 10.2 Å². The molecule has 1 N–H and O–H groups in total. The van der Waals surface area contributed by atoms with Crippen molar-refractivity contribution in [2.24, 2.45) is 10.2 Å². The number of halogens is 1. The van der Waals surface area contributed by atoms with Crippen molar-refractivity contribution in [3.8, 4) is 0 Å². The third kappa shape index (κ3) is 9.58. The second-order valence-corrected chi connectivity index (χ2v) is 15.4. The summed E-state index contributed by atoms with van der Waals surface area (Å²) in [5.41, 5.74) is 4.40. The molecule has 2 saturated heterocycles. The van der Waals surface area contributed by atoms with Crippen LogP contribution in [-0.4, -0.2) is 107 Å². The Morgan fingerprint density at radius 2 is 1.18 bits per heavy atom. The van der Waals surface area contributed by atoms with Crippen LogP contribution in [0.1, 0.15) is 47.4 Å². The van der Waals surface area contributed by atoms with E-state index < -0.39 is 0 Å². The van der Waals surface area contributed by atoms with Crippen molar-refractivity contribution in [2.75, 3.05) is 57.3 Å². The molecule has 0 saturated carbocycles. The van der Waals surface area contributed by atoms with Crippen LogP contribution in [0.5, 0.6) is 0 Å². The van der Waals surface area contributed by atoms with E-state index in [1.165, 1.54) is 0 Å².